The lowest BCUT2D eigenvalue weighted by molar-refractivity contribution is 0.411. The largest absolute Gasteiger partial charge is 0.366 e. The van der Waals surface area contributed by atoms with Crippen LogP contribution in [-0.4, -0.2) is 11.6 Å². The second kappa shape index (κ2) is 2.22. The molecule has 2 rings (SSSR count). The van der Waals surface area contributed by atoms with Crippen LogP contribution in [0.4, 0.5) is 0 Å². The predicted molar refractivity (Wildman–Crippen MR) is 37.9 cm³/mol. The van der Waals surface area contributed by atoms with Crippen molar-refractivity contribution < 1.29 is 4.74 Å². The van der Waals surface area contributed by atoms with Gasteiger partial charge in [-0.05, 0) is 12.1 Å². The van der Waals surface area contributed by atoms with E-state index in [9.17, 15) is 0 Å². The number of aromatic nitrogens is 1. The molecule has 10 heavy (non-hydrogen) atoms. The number of epoxide rings is 1. The molecule has 0 saturated carbocycles. The molecular weight excluding hydrogens is 150 g/mol. The molecule has 0 bridgehead atoms. The highest BCUT2D eigenvalue weighted by Gasteiger charge is 2.25. The van der Waals surface area contributed by atoms with Gasteiger partial charge in [-0.15, -0.1) is 0 Å². The highest BCUT2D eigenvalue weighted by atomic mass is 35.5. The average Bonchev–Trinajstić information content (AvgIpc) is 2.71. The Morgan fingerprint density at radius 3 is 2.90 bits per heavy atom. The molecule has 3 heteroatoms. The van der Waals surface area contributed by atoms with E-state index in [-0.39, 0.29) is 6.10 Å². The van der Waals surface area contributed by atoms with Crippen LogP contribution in [-0.2, 0) is 4.74 Å². The molecule has 1 aromatic heterocycles. The quantitative estimate of drug-likeness (QED) is 0.578. The van der Waals surface area contributed by atoms with Crippen LogP contribution in [0.2, 0.25) is 5.02 Å². The van der Waals surface area contributed by atoms with Gasteiger partial charge in [0, 0.05) is 6.20 Å². The molecule has 0 radical (unpaired) electrons. The van der Waals surface area contributed by atoms with E-state index < -0.39 is 0 Å². The summed E-state index contributed by atoms with van der Waals surface area (Å²) in [4.78, 5) is 4.08. The van der Waals surface area contributed by atoms with E-state index in [2.05, 4.69) is 4.98 Å². The third kappa shape index (κ3) is 1.13. The summed E-state index contributed by atoms with van der Waals surface area (Å²) in [5.74, 6) is 0. The average molecular weight is 156 g/mol. The van der Waals surface area contributed by atoms with Crippen molar-refractivity contribution in [1.29, 1.82) is 0 Å². The number of rotatable bonds is 1. The summed E-state index contributed by atoms with van der Waals surface area (Å²) >= 11 is 5.63. The van der Waals surface area contributed by atoms with Crippen molar-refractivity contribution in [2.75, 3.05) is 6.61 Å². The zero-order valence-corrected chi connectivity index (χ0v) is 6.01. The van der Waals surface area contributed by atoms with Gasteiger partial charge in [0.25, 0.3) is 0 Å². The van der Waals surface area contributed by atoms with Gasteiger partial charge in [0.15, 0.2) is 0 Å². The molecular formula is C7H6ClNO. The number of halogens is 1. The van der Waals surface area contributed by atoms with Gasteiger partial charge in [-0.3, -0.25) is 4.98 Å². The van der Waals surface area contributed by atoms with Crippen LogP contribution in [0.3, 0.4) is 0 Å². The van der Waals surface area contributed by atoms with E-state index in [4.69, 9.17) is 16.3 Å². The molecule has 0 spiro atoms. The van der Waals surface area contributed by atoms with Gasteiger partial charge in [-0.25, -0.2) is 0 Å². The lowest BCUT2D eigenvalue weighted by Gasteiger charge is -1.92. The normalized spacial score (nSPS) is 22.7. The monoisotopic (exact) mass is 155 g/mol. The minimum Gasteiger partial charge on any atom is -0.366 e. The summed E-state index contributed by atoms with van der Waals surface area (Å²) in [7, 11) is 0. The van der Waals surface area contributed by atoms with Crippen molar-refractivity contribution in [3.63, 3.8) is 0 Å². The molecule has 0 aromatic carbocycles. The first-order chi connectivity index (χ1) is 4.86. The number of hydrogen-bond acceptors (Lipinski definition) is 2. The second-order valence-electron chi connectivity index (χ2n) is 2.22. The maximum atomic E-state index is 5.63. The Balaban J connectivity index is 2.28. The molecule has 1 aromatic rings. The van der Waals surface area contributed by atoms with Gasteiger partial charge in [0.05, 0.1) is 17.3 Å². The molecule has 2 nitrogen and oxygen atoms in total. The second-order valence-corrected chi connectivity index (χ2v) is 2.66. The maximum absolute atomic E-state index is 5.63. The van der Waals surface area contributed by atoms with Crippen LogP contribution in [0.1, 0.15) is 11.8 Å². The molecule has 1 aliphatic heterocycles. The van der Waals surface area contributed by atoms with Gasteiger partial charge in [-0.2, -0.15) is 0 Å². The zero-order valence-electron chi connectivity index (χ0n) is 5.25. The van der Waals surface area contributed by atoms with Gasteiger partial charge in [0.1, 0.15) is 6.10 Å². The minimum absolute atomic E-state index is 0.234. The van der Waals surface area contributed by atoms with Crippen molar-refractivity contribution >= 4 is 11.6 Å². The van der Waals surface area contributed by atoms with Crippen LogP contribution in [0.25, 0.3) is 0 Å². The van der Waals surface area contributed by atoms with Crippen LogP contribution >= 0.6 is 11.6 Å². The van der Waals surface area contributed by atoms with E-state index in [0.29, 0.717) is 5.02 Å². The maximum Gasteiger partial charge on any atom is 0.123 e. The Morgan fingerprint density at radius 2 is 2.40 bits per heavy atom. The number of pyridine rings is 1. The summed E-state index contributed by atoms with van der Waals surface area (Å²) in [6.45, 7) is 0.800. The molecule has 1 aliphatic rings. The first kappa shape index (κ1) is 6.13. The third-order valence-electron chi connectivity index (χ3n) is 1.41. The summed E-state index contributed by atoms with van der Waals surface area (Å²) in [5, 5.41) is 0.671. The third-order valence-corrected chi connectivity index (χ3v) is 1.64. The van der Waals surface area contributed by atoms with Crippen LogP contribution in [0.5, 0.6) is 0 Å². The fourth-order valence-electron chi connectivity index (χ4n) is 0.797. The zero-order chi connectivity index (χ0) is 6.97. The summed E-state index contributed by atoms with van der Waals surface area (Å²) < 4.78 is 5.03. The van der Waals surface area contributed by atoms with Gasteiger partial charge < -0.3 is 4.74 Å². The molecule has 1 atom stereocenters. The predicted octanol–water partition coefficient (Wildman–Crippen LogP) is 1.81. The minimum atomic E-state index is 0.234. The number of hydrogen-bond donors (Lipinski definition) is 0. The number of nitrogens with zero attached hydrogens (tertiary/aromatic N) is 1. The van der Waals surface area contributed by atoms with E-state index in [1.54, 1.807) is 6.20 Å². The Labute approximate surface area is 63.8 Å². The lowest BCUT2D eigenvalue weighted by atomic mass is 10.3. The topological polar surface area (TPSA) is 25.4 Å². The van der Waals surface area contributed by atoms with E-state index in [1.165, 1.54) is 0 Å². The van der Waals surface area contributed by atoms with E-state index >= 15 is 0 Å². The SMILES string of the molecule is Clc1ccc([C@@H]2CO2)nc1. The summed E-state index contributed by atoms with van der Waals surface area (Å²) in [6.07, 6.45) is 1.87. The standard InChI is InChI=1S/C7H6ClNO/c8-5-1-2-6(9-3-5)7-4-10-7/h1-3,7H,4H2/t7-/m0/s1. The fraction of sp³-hybridized carbons (Fsp3) is 0.286. The molecule has 1 saturated heterocycles. The highest BCUT2D eigenvalue weighted by molar-refractivity contribution is 6.30. The first-order valence-electron chi connectivity index (χ1n) is 3.09. The van der Waals surface area contributed by atoms with E-state index in [1.807, 2.05) is 12.1 Å². The molecule has 0 amide bonds. The first-order valence-corrected chi connectivity index (χ1v) is 3.47. The smallest absolute Gasteiger partial charge is 0.123 e. The molecule has 0 N–H and O–H groups in total. The van der Waals surface area contributed by atoms with Crippen molar-refractivity contribution in [2.45, 2.75) is 6.10 Å². The molecule has 1 fully saturated rings. The van der Waals surface area contributed by atoms with Gasteiger partial charge in [0.2, 0.25) is 0 Å². The van der Waals surface area contributed by atoms with Crippen molar-refractivity contribution in [1.82, 2.24) is 4.98 Å². The Hall–Kier alpha value is -0.600. The number of ether oxygens (including phenoxy) is 1. The van der Waals surface area contributed by atoms with Gasteiger partial charge >= 0.3 is 0 Å². The molecule has 0 aliphatic carbocycles. The Kier molecular flexibility index (Phi) is 1.36. The summed E-state index contributed by atoms with van der Waals surface area (Å²) in [5.41, 5.74) is 0.976. The molecule has 52 valence electrons. The van der Waals surface area contributed by atoms with Crippen LogP contribution in [0, 0.1) is 0 Å². The Bertz CT molecular complexity index is 230. The molecule has 2 heterocycles. The highest BCUT2D eigenvalue weighted by Crippen LogP contribution is 2.28. The Morgan fingerprint density at radius 1 is 1.60 bits per heavy atom. The van der Waals surface area contributed by atoms with Crippen LogP contribution < -0.4 is 0 Å². The van der Waals surface area contributed by atoms with Gasteiger partial charge in [-0.1, -0.05) is 11.6 Å². The summed E-state index contributed by atoms with van der Waals surface area (Å²) in [6, 6.07) is 3.71. The fourth-order valence-corrected chi connectivity index (χ4v) is 0.908. The van der Waals surface area contributed by atoms with E-state index in [0.717, 1.165) is 12.3 Å². The van der Waals surface area contributed by atoms with Crippen molar-refractivity contribution in [3.8, 4) is 0 Å². The van der Waals surface area contributed by atoms with Crippen molar-refractivity contribution in [3.05, 3.63) is 29.0 Å². The van der Waals surface area contributed by atoms with Crippen LogP contribution in [0.15, 0.2) is 18.3 Å². The van der Waals surface area contributed by atoms with Crippen molar-refractivity contribution in [2.24, 2.45) is 0 Å². The lowest BCUT2D eigenvalue weighted by Crippen LogP contribution is -1.84. The molecule has 0 unspecified atom stereocenters.